The van der Waals surface area contributed by atoms with Crippen molar-refractivity contribution in [1.82, 2.24) is 15.5 Å². The monoisotopic (exact) mass is 537 g/mol. The van der Waals surface area contributed by atoms with Gasteiger partial charge in [0.1, 0.15) is 0 Å². The zero-order valence-corrected chi connectivity index (χ0v) is 21.9. The van der Waals surface area contributed by atoms with Crippen LogP contribution in [-0.4, -0.2) is 58.9 Å². The van der Waals surface area contributed by atoms with E-state index in [9.17, 15) is 24.3 Å². The Hall–Kier alpha value is -4.46. The van der Waals surface area contributed by atoms with Crippen molar-refractivity contribution < 1.29 is 24.3 Å². The average Bonchev–Trinajstić information content (AvgIpc) is 3.88. The second-order valence-corrected chi connectivity index (χ2v) is 11.0. The molecule has 3 amide bonds. The molecule has 0 radical (unpaired) electrons. The molecule has 0 spiro atoms. The molecule has 3 aromatic rings. The van der Waals surface area contributed by atoms with E-state index in [0.717, 1.165) is 12.8 Å². The quantitative estimate of drug-likeness (QED) is 0.407. The minimum atomic E-state index is -1.07. The second kappa shape index (κ2) is 10.6. The minimum Gasteiger partial charge on any atom is -0.478 e. The molecular formula is C32H31N3O5. The summed E-state index contributed by atoms with van der Waals surface area (Å²) in [5, 5.41) is 15.4. The van der Waals surface area contributed by atoms with Crippen LogP contribution in [0.5, 0.6) is 0 Å². The number of nitrogens with zero attached hydrogens (tertiary/aromatic N) is 1. The Balaban J connectivity index is 1.15. The number of carboxylic acid groups (broad SMARTS) is 1. The number of hydrogen-bond donors (Lipinski definition) is 3. The normalized spacial score (nSPS) is 26.6. The molecule has 1 heterocycles. The SMILES string of the molecule is O=C(O)c1ccc(C(=O)N2CC(C(=O)N[C@H]3CC3c3ccccc3)[C@H](C(=O)N[C@H]3C[C@H]3c3ccccc3)C2)cc1. The Labute approximate surface area is 232 Å². The molecule has 0 bridgehead atoms. The Morgan fingerprint density at radius 1 is 0.625 bits per heavy atom. The molecule has 1 saturated heterocycles. The Bertz CT molecular complexity index is 1350. The van der Waals surface area contributed by atoms with Crippen molar-refractivity contribution in [3.8, 4) is 0 Å². The van der Waals surface area contributed by atoms with Crippen LogP contribution in [0.1, 0.15) is 56.5 Å². The molecule has 8 heteroatoms. The molecule has 0 aromatic heterocycles. The van der Waals surface area contributed by atoms with Gasteiger partial charge in [-0.2, -0.15) is 0 Å². The largest absolute Gasteiger partial charge is 0.478 e. The van der Waals surface area contributed by atoms with Crippen LogP contribution in [0.3, 0.4) is 0 Å². The number of aromatic carboxylic acids is 1. The fourth-order valence-electron chi connectivity index (χ4n) is 5.86. The Kier molecular flexibility index (Phi) is 6.84. The molecule has 2 saturated carbocycles. The molecule has 3 fully saturated rings. The van der Waals surface area contributed by atoms with Crippen LogP contribution in [0.15, 0.2) is 84.9 Å². The molecule has 2 unspecified atom stereocenters. The van der Waals surface area contributed by atoms with Gasteiger partial charge in [0.15, 0.2) is 0 Å². The van der Waals surface area contributed by atoms with Gasteiger partial charge < -0.3 is 20.6 Å². The van der Waals surface area contributed by atoms with Crippen LogP contribution in [0.2, 0.25) is 0 Å². The summed E-state index contributed by atoms with van der Waals surface area (Å²) in [5.41, 5.74) is 2.76. The molecule has 8 nitrogen and oxygen atoms in total. The molecule has 2 aliphatic carbocycles. The fraction of sp³-hybridized carbons (Fsp3) is 0.312. The van der Waals surface area contributed by atoms with E-state index < -0.39 is 17.8 Å². The van der Waals surface area contributed by atoms with E-state index >= 15 is 0 Å². The standard InChI is InChI=1S/C32H31N3O5/c36-29(33-27-15-23(27)19-7-3-1-4-8-19)25-17-35(31(38)21-11-13-22(14-12-21)32(39)40)18-26(25)30(37)34-28-16-24(28)20-9-5-2-6-10-20/h1-14,23-28H,15-18H2,(H,33,36)(H,34,37)(H,39,40)/t23-,24?,25+,26?,27-,28-/m0/s1. The van der Waals surface area contributed by atoms with Gasteiger partial charge in [-0.15, -0.1) is 0 Å². The third kappa shape index (κ3) is 5.34. The van der Waals surface area contributed by atoms with Gasteiger partial charge >= 0.3 is 5.97 Å². The maximum Gasteiger partial charge on any atom is 0.335 e. The third-order valence-corrected chi connectivity index (χ3v) is 8.35. The lowest BCUT2D eigenvalue weighted by Gasteiger charge is -2.18. The number of hydrogen-bond acceptors (Lipinski definition) is 4. The van der Waals surface area contributed by atoms with Crippen molar-refractivity contribution in [1.29, 1.82) is 0 Å². The summed E-state index contributed by atoms with van der Waals surface area (Å²) in [4.78, 5) is 53.1. The van der Waals surface area contributed by atoms with Crippen molar-refractivity contribution >= 4 is 23.7 Å². The summed E-state index contributed by atoms with van der Waals surface area (Å²) in [7, 11) is 0. The Morgan fingerprint density at radius 3 is 1.48 bits per heavy atom. The first-order valence-corrected chi connectivity index (χ1v) is 13.7. The van der Waals surface area contributed by atoms with Crippen LogP contribution in [0.4, 0.5) is 0 Å². The van der Waals surface area contributed by atoms with Gasteiger partial charge in [0.2, 0.25) is 11.8 Å². The zero-order chi connectivity index (χ0) is 27.8. The molecular weight excluding hydrogens is 506 g/mol. The van der Waals surface area contributed by atoms with Crippen LogP contribution in [0.25, 0.3) is 0 Å². The predicted octanol–water partition coefficient (Wildman–Crippen LogP) is 3.42. The summed E-state index contributed by atoms with van der Waals surface area (Å²) in [5.74, 6) is -2.67. The van der Waals surface area contributed by atoms with Crippen LogP contribution in [-0.2, 0) is 9.59 Å². The van der Waals surface area contributed by atoms with E-state index in [1.807, 2.05) is 36.4 Å². The number of rotatable bonds is 8. The molecule has 6 rings (SSSR count). The minimum absolute atomic E-state index is 0.0119. The van der Waals surface area contributed by atoms with E-state index in [1.165, 1.54) is 40.3 Å². The number of nitrogens with one attached hydrogen (secondary N) is 2. The number of benzene rings is 3. The van der Waals surface area contributed by atoms with E-state index in [1.54, 1.807) is 0 Å². The number of likely N-dealkylation sites (tertiary alicyclic amines) is 1. The van der Waals surface area contributed by atoms with E-state index in [2.05, 4.69) is 34.9 Å². The molecule has 1 aliphatic heterocycles. The third-order valence-electron chi connectivity index (χ3n) is 8.35. The molecule has 3 aliphatic rings. The van der Waals surface area contributed by atoms with Gasteiger partial charge in [-0.05, 0) is 48.2 Å². The average molecular weight is 538 g/mol. The van der Waals surface area contributed by atoms with Crippen molar-refractivity contribution in [2.75, 3.05) is 13.1 Å². The lowest BCUT2D eigenvalue weighted by atomic mass is 9.94. The van der Waals surface area contributed by atoms with Gasteiger partial charge in [0.25, 0.3) is 5.91 Å². The van der Waals surface area contributed by atoms with Crippen molar-refractivity contribution in [2.45, 2.75) is 36.8 Å². The van der Waals surface area contributed by atoms with Gasteiger partial charge in [-0.25, -0.2) is 4.79 Å². The van der Waals surface area contributed by atoms with Crippen LogP contribution >= 0.6 is 0 Å². The van der Waals surface area contributed by atoms with Gasteiger partial charge in [-0.1, -0.05) is 60.7 Å². The summed E-state index contributed by atoms with van der Waals surface area (Å²) in [6.07, 6.45) is 1.69. The summed E-state index contributed by atoms with van der Waals surface area (Å²) in [6, 6.07) is 25.8. The highest BCUT2D eigenvalue weighted by atomic mass is 16.4. The molecule has 3 N–H and O–H groups in total. The van der Waals surface area contributed by atoms with Crippen LogP contribution < -0.4 is 10.6 Å². The van der Waals surface area contributed by atoms with Crippen molar-refractivity contribution in [3.63, 3.8) is 0 Å². The van der Waals surface area contributed by atoms with Gasteiger partial charge in [0, 0.05) is 42.6 Å². The smallest absolute Gasteiger partial charge is 0.335 e. The zero-order valence-electron chi connectivity index (χ0n) is 21.9. The van der Waals surface area contributed by atoms with E-state index in [4.69, 9.17) is 0 Å². The van der Waals surface area contributed by atoms with Crippen molar-refractivity contribution in [3.05, 3.63) is 107 Å². The highest BCUT2D eigenvalue weighted by Crippen LogP contribution is 2.42. The second-order valence-electron chi connectivity index (χ2n) is 11.0. The maximum atomic E-state index is 13.5. The lowest BCUT2D eigenvalue weighted by molar-refractivity contribution is -0.133. The molecule has 6 atom stereocenters. The summed E-state index contributed by atoms with van der Waals surface area (Å²) >= 11 is 0. The fourth-order valence-corrected chi connectivity index (χ4v) is 5.86. The lowest BCUT2D eigenvalue weighted by Crippen LogP contribution is -2.43. The first-order chi connectivity index (χ1) is 19.4. The van der Waals surface area contributed by atoms with E-state index in [0.29, 0.717) is 5.56 Å². The maximum absolute atomic E-state index is 13.5. The number of carboxylic acids is 1. The Morgan fingerprint density at radius 2 is 1.05 bits per heavy atom. The topological polar surface area (TPSA) is 116 Å². The highest BCUT2D eigenvalue weighted by Gasteiger charge is 2.48. The summed E-state index contributed by atoms with van der Waals surface area (Å²) in [6.45, 7) is 0.248. The molecule has 3 aromatic carbocycles. The molecule has 40 heavy (non-hydrogen) atoms. The molecule has 204 valence electrons. The highest BCUT2D eigenvalue weighted by molar-refractivity contribution is 5.98. The number of carbonyl (C=O) groups is 4. The van der Waals surface area contributed by atoms with Crippen LogP contribution in [0, 0.1) is 11.8 Å². The van der Waals surface area contributed by atoms with Gasteiger partial charge in [-0.3, -0.25) is 14.4 Å². The first-order valence-electron chi connectivity index (χ1n) is 13.7. The first kappa shape index (κ1) is 25.8. The predicted molar refractivity (Wildman–Crippen MR) is 148 cm³/mol. The van der Waals surface area contributed by atoms with Gasteiger partial charge in [0.05, 0.1) is 17.4 Å². The summed E-state index contributed by atoms with van der Waals surface area (Å²) < 4.78 is 0. The number of carbonyl (C=O) groups excluding carboxylic acids is 3. The number of amides is 3. The van der Waals surface area contributed by atoms with E-state index in [-0.39, 0.29) is 60.3 Å². The van der Waals surface area contributed by atoms with Crippen molar-refractivity contribution in [2.24, 2.45) is 11.8 Å².